The van der Waals surface area contributed by atoms with Crippen LogP contribution in [-0.2, 0) is 16.2 Å². The minimum atomic E-state index is -0.549. The third-order valence-corrected chi connectivity index (χ3v) is 3.39. The van der Waals surface area contributed by atoms with Gasteiger partial charge in [-0.25, -0.2) is 5.06 Å². The normalized spacial score (nSPS) is 11.8. The first-order chi connectivity index (χ1) is 10.6. The van der Waals surface area contributed by atoms with Gasteiger partial charge in [0.05, 0.1) is 17.9 Å². The van der Waals surface area contributed by atoms with E-state index in [0.717, 1.165) is 23.2 Å². The van der Waals surface area contributed by atoms with Gasteiger partial charge in [-0.15, -0.1) is 0 Å². The van der Waals surface area contributed by atoms with Crippen LogP contribution in [0.3, 0.4) is 0 Å². The van der Waals surface area contributed by atoms with Gasteiger partial charge < -0.3 is 10.1 Å². The number of benzene rings is 2. The topological polar surface area (TPSA) is 41.6 Å². The van der Waals surface area contributed by atoms with Gasteiger partial charge in [-0.05, 0) is 30.7 Å². The van der Waals surface area contributed by atoms with Gasteiger partial charge in [-0.1, -0.05) is 41.9 Å². The van der Waals surface area contributed by atoms with Crippen molar-refractivity contribution in [3.8, 4) is 0 Å². The predicted molar refractivity (Wildman–Crippen MR) is 90.2 cm³/mol. The number of carbonyl (C=O) groups excluding carboxylic acids is 1. The number of rotatable bonds is 7. The Labute approximate surface area is 135 Å². The highest BCUT2D eigenvalue weighted by Crippen LogP contribution is 2.31. The molecule has 0 radical (unpaired) electrons. The van der Waals surface area contributed by atoms with Crippen molar-refractivity contribution in [1.82, 2.24) is 0 Å². The molecular weight excluding hydrogens is 300 g/mol. The Hall–Kier alpha value is -2.04. The molecule has 0 amide bonds. The van der Waals surface area contributed by atoms with Gasteiger partial charge in [0.1, 0.15) is 6.10 Å². The molecular formula is C17H19ClN2O2. The zero-order valence-corrected chi connectivity index (χ0v) is 13.4. The van der Waals surface area contributed by atoms with Crippen molar-refractivity contribution in [2.24, 2.45) is 0 Å². The molecule has 1 atom stereocenters. The van der Waals surface area contributed by atoms with Crippen LogP contribution in [0, 0.1) is 0 Å². The molecule has 2 aromatic carbocycles. The highest BCUT2D eigenvalue weighted by Gasteiger charge is 2.16. The summed E-state index contributed by atoms with van der Waals surface area (Å²) in [4.78, 5) is 16.7. The number of anilines is 2. The average molecular weight is 319 g/mol. The third-order valence-electron chi connectivity index (χ3n) is 3.15. The van der Waals surface area contributed by atoms with Crippen molar-refractivity contribution < 1.29 is 9.63 Å². The molecule has 0 bridgehead atoms. The van der Waals surface area contributed by atoms with Crippen molar-refractivity contribution in [3.05, 3.63) is 59.1 Å². The number of hydroxylamine groups is 1. The molecule has 0 aliphatic heterocycles. The van der Waals surface area contributed by atoms with E-state index in [1.807, 2.05) is 49.5 Å². The summed E-state index contributed by atoms with van der Waals surface area (Å²) in [5.41, 5.74) is 2.73. The van der Waals surface area contributed by atoms with Crippen molar-refractivity contribution in [3.63, 3.8) is 0 Å². The lowest BCUT2D eigenvalue weighted by Gasteiger charge is -2.27. The Balaban J connectivity index is 2.35. The molecule has 2 aromatic rings. The summed E-state index contributed by atoms with van der Waals surface area (Å²) in [6.07, 6.45) is 0.217. The first-order valence-corrected chi connectivity index (χ1v) is 7.42. The summed E-state index contributed by atoms with van der Waals surface area (Å²) in [5, 5.41) is 5.40. The Morgan fingerprint density at radius 3 is 2.64 bits per heavy atom. The molecule has 0 fully saturated rings. The van der Waals surface area contributed by atoms with Crippen LogP contribution >= 0.6 is 11.6 Å². The molecule has 2 rings (SSSR count). The molecule has 4 nitrogen and oxygen atoms in total. The van der Waals surface area contributed by atoms with Crippen molar-refractivity contribution in [1.29, 1.82) is 0 Å². The van der Waals surface area contributed by atoms with E-state index in [-0.39, 0.29) is 0 Å². The molecule has 116 valence electrons. The number of nitrogens with one attached hydrogen (secondary N) is 1. The van der Waals surface area contributed by atoms with Crippen LogP contribution in [0.2, 0.25) is 5.02 Å². The maximum Gasteiger partial charge on any atom is 0.151 e. The molecule has 5 heteroatoms. The molecule has 0 aliphatic rings. The quantitative estimate of drug-likeness (QED) is 0.621. The van der Waals surface area contributed by atoms with Gasteiger partial charge in [-0.3, -0.25) is 4.84 Å². The van der Waals surface area contributed by atoms with Crippen molar-refractivity contribution >= 4 is 29.3 Å². The molecule has 0 saturated heterocycles. The fraction of sp³-hybridized carbons (Fsp3) is 0.235. The second-order valence-electron chi connectivity index (χ2n) is 4.88. The number of nitrogens with zero attached hydrogens (tertiary/aromatic N) is 1. The summed E-state index contributed by atoms with van der Waals surface area (Å²) < 4.78 is 0. The SMILES string of the molecule is CNc1ccc(Cl)cc1N(Cc1ccccc1)OC(C)C=O. The first kappa shape index (κ1) is 16.3. The second-order valence-corrected chi connectivity index (χ2v) is 5.32. The largest absolute Gasteiger partial charge is 0.386 e. The standard InChI is InChI=1S/C17H19ClN2O2/c1-13(12-21)22-20(11-14-6-4-3-5-7-14)17-10-15(18)8-9-16(17)19-2/h3-10,12-13,19H,11H2,1-2H3. The van der Waals surface area contributed by atoms with E-state index < -0.39 is 6.10 Å². The summed E-state index contributed by atoms with van der Waals surface area (Å²) in [6.45, 7) is 2.21. The van der Waals surface area contributed by atoms with Gasteiger partial charge in [0.2, 0.25) is 0 Å². The highest BCUT2D eigenvalue weighted by atomic mass is 35.5. The fourth-order valence-corrected chi connectivity index (χ4v) is 2.24. The van der Waals surface area contributed by atoms with E-state index in [4.69, 9.17) is 16.4 Å². The van der Waals surface area contributed by atoms with Crippen LogP contribution in [0.5, 0.6) is 0 Å². The lowest BCUT2D eigenvalue weighted by atomic mass is 10.2. The molecule has 1 unspecified atom stereocenters. The molecule has 0 spiro atoms. The maximum absolute atomic E-state index is 11.0. The predicted octanol–water partition coefficient (Wildman–Crippen LogP) is 3.91. The fourth-order valence-electron chi connectivity index (χ4n) is 2.08. The third kappa shape index (κ3) is 4.23. The lowest BCUT2D eigenvalue weighted by molar-refractivity contribution is -0.118. The maximum atomic E-state index is 11.0. The smallest absolute Gasteiger partial charge is 0.151 e. The summed E-state index contributed by atoms with van der Waals surface area (Å²) in [5.74, 6) is 0. The minimum Gasteiger partial charge on any atom is -0.386 e. The van der Waals surface area contributed by atoms with E-state index in [1.165, 1.54) is 0 Å². The van der Waals surface area contributed by atoms with Crippen LogP contribution in [0.1, 0.15) is 12.5 Å². The molecule has 22 heavy (non-hydrogen) atoms. The molecule has 1 N–H and O–H groups in total. The Morgan fingerprint density at radius 2 is 2.00 bits per heavy atom. The Morgan fingerprint density at radius 1 is 1.27 bits per heavy atom. The Kier molecular flexibility index (Phi) is 5.81. The van der Waals surface area contributed by atoms with Crippen LogP contribution in [-0.4, -0.2) is 19.4 Å². The van der Waals surface area contributed by atoms with E-state index in [9.17, 15) is 4.79 Å². The van der Waals surface area contributed by atoms with Gasteiger partial charge >= 0.3 is 0 Å². The zero-order chi connectivity index (χ0) is 15.9. The van der Waals surface area contributed by atoms with Gasteiger partial charge in [0.15, 0.2) is 6.29 Å². The first-order valence-electron chi connectivity index (χ1n) is 7.05. The number of hydrogen-bond acceptors (Lipinski definition) is 4. The van der Waals surface area contributed by atoms with Crippen molar-refractivity contribution in [2.75, 3.05) is 17.4 Å². The molecule has 0 heterocycles. The monoisotopic (exact) mass is 318 g/mol. The average Bonchev–Trinajstić information content (AvgIpc) is 2.55. The number of halogens is 1. The molecule has 0 saturated carbocycles. The van der Waals surface area contributed by atoms with Gasteiger partial charge in [0, 0.05) is 12.1 Å². The van der Waals surface area contributed by atoms with E-state index in [0.29, 0.717) is 11.6 Å². The summed E-state index contributed by atoms with van der Waals surface area (Å²) in [7, 11) is 1.83. The van der Waals surface area contributed by atoms with Crippen LogP contribution < -0.4 is 10.4 Å². The number of aldehydes is 1. The lowest BCUT2D eigenvalue weighted by Crippen LogP contribution is -2.29. The van der Waals surface area contributed by atoms with Crippen LogP contribution in [0.4, 0.5) is 11.4 Å². The minimum absolute atomic E-state index is 0.508. The molecule has 0 aliphatic carbocycles. The number of carbonyl (C=O) groups is 1. The van der Waals surface area contributed by atoms with Gasteiger partial charge in [0.25, 0.3) is 0 Å². The second kappa shape index (κ2) is 7.82. The zero-order valence-electron chi connectivity index (χ0n) is 12.6. The van der Waals surface area contributed by atoms with E-state index >= 15 is 0 Å². The van der Waals surface area contributed by atoms with E-state index in [2.05, 4.69) is 5.32 Å². The van der Waals surface area contributed by atoms with Gasteiger partial charge in [-0.2, -0.15) is 0 Å². The van der Waals surface area contributed by atoms with Crippen molar-refractivity contribution in [2.45, 2.75) is 19.6 Å². The van der Waals surface area contributed by atoms with Crippen LogP contribution in [0.25, 0.3) is 0 Å². The highest BCUT2D eigenvalue weighted by molar-refractivity contribution is 6.31. The van der Waals surface area contributed by atoms with E-state index in [1.54, 1.807) is 18.1 Å². The summed E-state index contributed by atoms with van der Waals surface area (Å²) >= 11 is 6.11. The summed E-state index contributed by atoms with van der Waals surface area (Å²) in [6, 6.07) is 15.4. The van der Waals surface area contributed by atoms with Crippen LogP contribution in [0.15, 0.2) is 48.5 Å². The molecule has 0 aromatic heterocycles. The Bertz CT molecular complexity index is 619. The number of hydrogen-bond donors (Lipinski definition) is 1.